The molecule has 0 bridgehead atoms. The number of aryl methyl sites for hydroxylation is 2. The van der Waals surface area contributed by atoms with Gasteiger partial charge in [0.15, 0.2) is 0 Å². The molecule has 0 radical (unpaired) electrons. The van der Waals surface area contributed by atoms with Crippen LogP contribution in [0.3, 0.4) is 0 Å². The van der Waals surface area contributed by atoms with Crippen molar-refractivity contribution < 1.29 is 13.2 Å². The molecule has 1 atom stereocenters. The molecule has 0 N–H and O–H groups in total. The van der Waals surface area contributed by atoms with Crippen LogP contribution in [0.15, 0.2) is 23.1 Å². The molecule has 1 spiro atoms. The third-order valence-corrected chi connectivity index (χ3v) is 8.19. The normalized spacial score (nSPS) is 26.9. The van der Waals surface area contributed by atoms with Gasteiger partial charge in [0.2, 0.25) is 10.0 Å². The van der Waals surface area contributed by atoms with E-state index in [2.05, 4.69) is 0 Å². The van der Waals surface area contributed by atoms with Gasteiger partial charge >= 0.3 is 0 Å². The van der Waals surface area contributed by atoms with E-state index in [0.29, 0.717) is 24.1 Å². The van der Waals surface area contributed by atoms with Crippen LogP contribution in [0.2, 0.25) is 0 Å². The predicted octanol–water partition coefficient (Wildman–Crippen LogP) is 2.76. The van der Waals surface area contributed by atoms with E-state index in [1.807, 2.05) is 12.1 Å². The van der Waals surface area contributed by atoms with Crippen molar-refractivity contribution in [3.63, 3.8) is 0 Å². The Morgan fingerprint density at radius 1 is 1.13 bits per heavy atom. The molecule has 0 amide bonds. The van der Waals surface area contributed by atoms with Crippen LogP contribution in [0.1, 0.15) is 43.2 Å². The number of nitrogens with zero attached hydrogens (tertiary/aromatic N) is 1. The van der Waals surface area contributed by atoms with E-state index in [1.165, 1.54) is 17.5 Å². The van der Waals surface area contributed by atoms with Gasteiger partial charge in [-0.1, -0.05) is 6.07 Å². The standard InChI is InChI=1S/C18H25NO3S/c1-22-17-7-8-18(17)9-11-19(12-10-18)23(20,21)16-6-5-14-3-2-4-15(14)13-16/h5-6,13,17H,2-4,7-12H2,1H3. The highest BCUT2D eigenvalue weighted by atomic mass is 32.2. The molecule has 1 saturated carbocycles. The van der Waals surface area contributed by atoms with Crippen molar-refractivity contribution in [1.82, 2.24) is 4.31 Å². The average molecular weight is 335 g/mol. The Morgan fingerprint density at radius 3 is 2.52 bits per heavy atom. The second-order valence-corrected chi connectivity index (χ2v) is 9.25. The number of ether oxygens (including phenoxy) is 1. The lowest BCUT2D eigenvalue weighted by Crippen LogP contribution is -2.53. The van der Waals surface area contributed by atoms with Gasteiger partial charge in [-0.3, -0.25) is 0 Å². The summed E-state index contributed by atoms with van der Waals surface area (Å²) >= 11 is 0. The molecule has 1 aromatic carbocycles. The molecule has 0 aromatic heterocycles. The first kappa shape index (κ1) is 15.6. The molecule has 2 fully saturated rings. The topological polar surface area (TPSA) is 46.6 Å². The Balaban J connectivity index is 1.52. The first-order valence-electron chi connectivity index (χ1n) is 8.70. The third-order valence-electron chi connectivity index (χ3n) is 6.30. The number of fused-ring (bicyclic) bond motifs is 1. The van der Waals surface area contributed by atoms with Crippen LogP contribution in [0, 0.1) is 5.41 Å². The molecule has 3 aliphatic rings. The molecule has 1 aromatic rings. The zero-order chi connectivity index (χ0) is 16.1. The molecular weight excluding hydrogens is 310 g/mol. The van der Waals surface area contributed by atoms with Crippen molar-refractivity contribution in [1.29, 1.82) is 0 Å². The summed E-state index contributed by atoms with van der Waals surface area (Å²) in [4.78, 5) is 0.478. The fraction of sp³-hybridized carbons (Fsp3) is 0.667. The number of rotatable bonds is 3. The lowest BCUT2D eigenvalue weighted by molar-refractivity contribution is -0.113. The van der Waals surface area contributed by atoms with E-state index in [9.17, 15) is 8.42 Å². The zero-order valence-electron chi connectivity index (χ0n) is 13.8. The molecule has 1 unspecified atom stereocenters. The second-order valence-electron chi connectivity index (χ2n) is 7.31. The number of benzene rings is 1. The van der Waals surface area contributed by atoms with Gasteiger partial charge in [0, 0.05) is 20.2 Å². The van der Waals surface area contributed by atoms with Gasteiger partial charge in [0.05, 0.1) is 11.0 Å². The fourth-order valence-electron chi connectivity index (χ4n) is 4.64. The molecule has 23 heavy (non-hydrogen) atoms. The van der Waals surface area contributed by atoms with Gasteiger partial charge in [-0.2, -0.15) is 4.31 Å². The summed E-state index contributed by atoms with van der Waals surface area (Å²) in [7, 11) is -1.57. The highest BCUT2D eigenvalue weighted by molar-refractivity contribution is 7.89. The van der Waals surface area contributed by atoms with Crippen LogP contribution >= 0.6 is 0 Å². The van der Waals surface area contributed by atoms with Crippen LogP contribution in [-0.4, -0.2) is 39.0 Å². The summed E-state index contributed by atoms with van der Waals surface area (Å²) in [5, 5.41) is 0. The lowest BCUT2D eigenvalue weighted by Gasteiger charge is -2.52. The largest absolute Gasteiger partial charge is 0.381 e. The number of methoxy groups -OCH3 is 1. The monoisotopic (exact) mass is 335 g/mol. The van der Waals surface area contributed by atoms with E-state index in [1.54, 1.807) is 17.5 Å². The van der Waals surface area contributed by atoms with E-state index < -0.39 is 10.0 Å². The maximum absolute atomic E-state index is 13.0. The number of hydrogen-bond acceptors (Lipinski definition) is 3. The van der Waals surface area contributed by atoms with Crippen molar-refractivity contribution in [2.45, 2.75) is 55.9 Å². The van der Waals surface area contributed by atoms with Crippen molar-refractivity contribution in [3.05, 3.63) is 29.3 Å². The molecule has 5 heteroatoms. The third kappa shape index (κ3) is 2.44. The quantitative estimate of drug-likeness (QED) is 0.853. The molecular formula is C18H25NO3S. The molecule has 126 valence electrons. The summed E-state index contributed by atoms with van der Waals surface area (Å²) in [6, 6.07) is 5.71. The minimum Gasteiger partial charge on any atom is -0.381 e. The molecule has 1 saturated heterocycles. The van der Waals surface area contributed by atoms with Crippen LogP contribution in [0.25, 0.3) is 0 Å². The maximum Gasteiger partial charge on any atom is 0.243 e. The van der Waals surface area contributed by atoms with Gasteiger partial charge in [0.25, 0.3) is 0 Å². The predicted molar refractivity (Wildman–Crippen MR) is 88.9 cm³/mol. The molecule has 2 aliphatic carbocycles. The first-order chi connectivity index (χ1) is 11.0. The van der Waals surface area contributed by atoms with Crippen LogP contribution < -0.4 is 0 Å². The second kappa shape index (κ2) is 5.57. The highest BCUT2D eigenvalue weighted by Gasteiger charge is 2.49. The summed E-state index contributed by atoms with van der Waals surface area (Å²) in [5.74, 6) is 0. The van der Waals surface area contributed by atoms with Crippen LogP contribution in [-0.2, 0) is 27.6 Å². The number of piperidine rings is 1. The fourth-order valence-corrected chi connectivity index (χ4v) is 6.13. The van der Waals surface area contributed by atoms with Crippen molar-refractivity contribution in [3.8, 4) is 0 Å². The lowest BCUT2D eigenvalue weighted by atomic mass is 9.61. The zero-order valence-corrected chi connectivity index (χ0v) is 14.6. The minimum atomic E-state index is -3.35. The van der Waals surface area contributed by atoms with Gasteiger partial charge in [-0.25, -0.2) is 8.42 Å². The van der Waals surface area contributed by atoms with E-state index in [0.717, 1.165) is 38.5 Å². The molecule has 1 aliphatic heterocycles. The Bertz CT molecular complexity index is 703. The first-order valence-corrected chi connectivity index (χ1v) is 10.1. The Kier molecular flexibility index (Phi) is 3.78. The smallest absolute Gasteiger partial charge is 0.243 e. The van der Waals surface area contributed by atoms with Crippen LogP contribution in [0.5, 0.6) is 0 Å². The molecule has 4 rings (SSSR count). The summed E-state index contributed by atoms with van der Waals surface area (Å²) in [5.41, 5.74) is 2.77. The summed E-state index contributed by atoms with van der Waals surface area (Å²) in [6.07, 6.45) is 7.71. The van der Waals surface area contributed by atoms with Crippen molar-refractivity contribution in [2.75, 3.05) is 20.2 Å². The highest BCUT2D eigenvalue weighted by Crippen LogP contribution is 2.51. The average Bonchev–Trinajstić information content (AvgIpc) is 3.02. The minimum absolute atomic E-state index is 0.235. The molecule has 4 nitrogen and oxygen atoms in total. The van der Waals surface area contributed by atoms with Gasteiger partial charge in [-0.15, -0.1) is 0 Å². The Labute approximate surface area is 138 Å². The van der Waals surface area contributed by atoms with Gasteiger partial charge in [0.1, 0.15) is 0 Å². The number of sulfonamides is 1. The molecule has 1 heterocycles. The Morgan fingerprint density at radius 2 is 1.87 bits per heavy atom. The van der Waals surface area contributed by atoms with Crippen molar-refractivity contribution in [2.24, 2.45) is 5.41 Å². The maximum atomic E-state index is 13.0. The van der Waals surface area contributed by atoms with E-state index >= 15 is 0 Å². The summed E-state index contributed by atoms with van der Waals surface area (Å²) < 4.78 is 33.1. The number of hydrogen-bond donors (Lipinski definition) is 0. The van der Waals surface area contributed by atoms with Crippen LogP contribution in [0.4, 0.5) is 0 Å². The van der Waals surface area contributed by atoms with Gasteiger partial charge < -0.3 is 4.74 Å². The SMILES string of the molecule is COC1CCC12CCN(S(=O)(=O)c1ccc3c(c1)CCC3)CC2. The summed E-state index contributed by atoms with van der Waals surface area (Å²) in [6.45, 7) is 1.25. The van der Waals surface area contributed by atoms with Gasteiger partial charge in [-0.05, 0) is 73.6 Å². The Hall–Kier alpha value is -0.910. The van der Waals surface area contributed by atoms with E-state index in [4.69, 9.17) is 4.74 Å². The van der Waals surface area contributed by atoms with Crippen molar-refractivity contribution >= 4 is 10.0 Å². The van der Waals surface area contributed by atoms with E-state index in [-0.39, 0.29) is 5.41 Å².